The highest BCUT2D eigenvalue weighted by molar-refractivity contribution is 6.54. The number of nitrogens with one attached hydrogen (secondary N) is 1. The van der Waals surface area contributed by atoms with Gasteiger partial charge >= 0.3 is 0 Å². The Kier molecular flexibility index (Phi) is 2.98. The van der Waals surface area contributed by atoms with Crippen LogP contribution in [0.5, 0.6) is 0 Å². The minimum atomic E-state index is -0.492. The first-order chi connectivity index (χ1) is 10.1. The van der Waals surface area contributed by atoms with Crippen molar-refractivity contribution in [2.45, 2.75) is 6.92 Å². The average molecular weight is 281 g/mol. The van der Waals surface area contributed by atoms with Gasteiger partial charge in [-0.1, -0.05) is 18.2 Å². The van der Waals surface area contributed by atoms with E-state index in [1.807, 2.05) is 25.1 Å². The van der Waals surface area contributed by atoms with Crippen LogP contribution in [0, 0.1) is 17.0 Å². The molecule has 6 nitrogen and oxygen atoms in total. The molecule has 6 heteroatoms. The molecule has 0 atom stereocenters. The van der Waals surface area contributed by atoms with Crippen molar-refractivity contribution in [3.8, 4) is 0 Å². The monoisotopic (exact) mass is 281 g/mol. The minimum absolute atomic E-state index is 0.0669. The second kappa shape index (κ2) is 4.82. The molecule has 2 aromatic carbocycles. The maximum Gasteiger partial charge on any atom is 0.275 e. The highest BCUT2D eigenvalue weighted by atomic mass is 16.6. The molecule has 2 aromatic rings. The second-order valence-corrected chi connectivity index (χ2v) is 4.69. The van der Waals surface area contributed by atoms with E-state index in [1.54, 1.807) is 6.07 Å². The Hall–Kier alpha value is -3.02. The standard InChI is InChI=1S/C15H11N3O3/c1-9-4-2-3-5-12(9)16-14-11-8-10(18(20)21)6-7-13(11)17-15(14)19/h2-8H,1H3,(H,16,17,19). The number of aliphatic imine (C=N–C) groups is 1. The Morgan fingerprint density at radius 1 is 1.19 bits per heavy atom. The summed E-state index contributed by atoms with van der Waals surface area (Å²) in [6.45, 7) is 1.89. The van der Waals surface area contributed by atoms with Crippen molar-refractivity contribution < 1.29 is 9.72 Å². The number of benzene rings is 2. The molecule has 0 fully saturated rings. The predicted molar refractivity (Wildman–Crippen MR) is 79.1 cm³/mol. The van der Waals surface area contributed by atoms with Crippen LogP contribution in [-0.2, 0) is 4.79 Å². The van der Waals surface area contributed by atoms with Crippen molar-refractivity contribution in [2.24, 2.45) is 4.99 Å². The Bertz CT molecular complexity index is 797. The number of aryl methyl sites for hydroxylation is 1. The van der Waals surface area contributed by atoms with E-state index in [0.717, 1.165) is 5.56 Å². The molecule has 0 spiro atoms. The van der Waals surface area contributed by atoms with Gasteiger partial charge < -0.3 is 5.32 Å². The third-order valence-corrected chi connectivity index (χ3v) is 3.28. The molecule has 1 N–H and O–H groups in total. The number of non-ortho nitro benzene ring substituents is 1. The predicted octanol–water partition coefficient (Wildman–Crippen LogP) is 2.98. The number of fused-ring (bicyclic) bond motifs is 1. The van der Waals surface area contributed by atoms with Crippen LogP contribution in [0.3, 0.4) is 0 Å². The molecule has 1 amide bonds. The van der Waals surface area contributed by atoms with Crippen LogP contribution in [0.4, 0.5) is 17.1 Å². The van der Waals surface area contributed by atoms with Crippen molar-refractivity contribution in [3.63, 3.8) is 0 Å². The molecule has 0 aromatic heterocycles. The van der Waals surface area contributed by atoms with Gasteiger partial charge in [-0.3, -0.25) is 14.9 Å². The number of carbonyl (C=O) groups is 1. The van der Waals surface area contributed by atoms with E-state index >= 15 is 0 Å². The molecule has 3 rings (SSSR count). The number of amides is 1. The summed E-state index contributed by atoms with van der Waals surface area (Å²) in [5, 5.41) is 13.5. The van der Waals surface area contributed by atoms with Crippen molar-refractivity contribution >= 4 is 28.7 Å². The molecule has 0 bridgehead atoms. The number of carbonyl (C=O) groups excluding carboxylic acids is 1. The van der Waals surface area contributed by atoms with E-state index in [2.05, 4.69) is 10.3 Å². The third kappa shape index (κ3) is 2.27. The Labute approximate surface area is 120 Å². The first-order valence-electron chi connectivity index (χ1n) is 6.31. The molecule has 0 saturated carbocycles. The van der Waals surface area contributed by atoms with Gasteiger partial charge in [0.1, 0.15) is 5.71 Å². The van der Waals surface area contributed by atoms with Crippen molar-refractivity contribution in [1.82, 2.24) is 0 Å². The first-order valence-corrected chi connectivity index (χ1v) is 6.31. The topological polar surface area (TPSA) is 84.6 Å². The molecular weight excluding hydrogens is 270 g/mol. The fourth-order valence-corrected chi connectivity index (χ4v) is 2.17. The van der Waals surface area contributed by atoms with Gasteiger partial charge in [-0.25, -0.2) is 4.99 Å². The van der Waals surface area contributed by atoms with Gasteiger partial charge in [0.25, 0.3) is 11.6 Å². The highest BCUT2D eigenvalue weighted by Gasteiger charge is 2.28. The van der Waals surface area contributed by atoms with Crippen molar-refractivity contribution in [3.05, 3.63) is 63.7 Å². The number of rotatable bonds is 2. The van der Waals surface area contributed by atoms with Crippen LogP contribution in [-0.4, -0.2) is 16.5 Å². The van der Waals surface area contributed by atoms with Gasteiger partial charge in [0.05, 0.1) is 16.3 Å². The van der Waals surface area contributed by atoms with Crippen LogP contribution < -0.4 is 5.32 Å². The molecule has 0 aliphatic carbocycles. The number of nitro groups is 1. The maximum atomic E-state index is 12.0. The van der Waals surface area contributed by atoms with E-state index in [4.69, 9.17) is 0 Å². The number of anilines is 1. The van der Waals surface area contributed by atoms with Gasteiger partial charge in [0, 0.05) is 17.7 Å². The van der Waals surface area contributed by atoms with E-state index in [0.29, 0.717) is 16.9 Å². The van der Waals surface area contributed by atoms with Crippen LogP contribution in [0.1, 0.15) is 11.1 Å². The molecule has 1 heterocycles. The van der Waals surface area contributed by atoms with Gasteiger partial charge in [0.15, 0.2) is 0 Å². The van der Waals surface area contributed by atoms with E-state index in [1.165, 1.54) is 18.2 Å². The molecule has 1 aliphatic heterocycles. The fraction of sp³-hybridized carbons (Fsp3) is 0.0667. The summed E-state index contributed by atoms with van der Waals surface area (Å²) in [5.41, 5.74) is 2.72. The molecule has 0 unspecified atom stereocenters. The lowest BCUT2D eigenvalue weighted by molar-refractivity contribution is -0.384. The first kappa shape index (κ1) is 13.0. The highest BCUT2D eigenvalue weighted by Crippen LogP contribution is 2.29. The van der Waals surface area contributed by atoms with Gasteiger partial charge in [-0.2, -0.15) is 0 Å². The van der Waals surface area contributed by atoms with Crippen molar-refractivity contribution in [2.75, 3.05) is 5.32 Å². The van der Waals surface area contributed by atoms with Gasteiger partial charge in [-0.15, -0.1) is 0 Å². The summed E-state index contributed by atoms with van der Waals surface area (Å²) in [6.07, 6.45) is 0. The Balaban J connectivity index is 2.14. The SMILES string of the molecule is Cc1ccccc1N=C1C(=O)Nc2ccc([N+](=O)[O-])cc21. The van der Waals surface area contributed by atoms with Gasteiger partial charge in [0.2, 0.25) is 0 Å². The number of hydrogen-bond donors (Lipinski definition) is 1. The average Bonchev–Trinajstić information content (AvgIpc) is 2.76. The summed E-state index contributed by atoms with van der Waals surface area (Å²) in [6, 6.07) is 11.6. The number of hydrogen-bond acceptors (Lipinski definition) is 4. The zero-order chi connectivity index (χ0) is 15.0. The van der Waals surface area contributed by atoms with Crippen molar-refractivity contribution in [1.29, 1.82) is 0 Å². The molecule has 1 aliphatic rings. The zero-order valence-electron chi connectivity index (χ0n) is 11.2. The lowest BCUT2D eigenvalue weighted by atomic mass is 10.1. The van der Waals surface area contributed by atoms with Crippen LogP contribution in [0.2, 0.25) is 0 Å². The third-order valence-electron chi connectivity index (χ3n) is 3.28. The van der Waals surface area contributed by atoms with Crippen LogP contribution in [0.15, 0.2) is 47.5 Å². The molecule has 0 radical (unpaired) electrons. The lowest BCUT2D eigenvalue weighted by Gasteiger charge is -2.01. The summed E-state index contributed by atoms with van der Waals surface area (Å²) >= 11 is 0. The molecular formula is C15H11N3O3. The summed E-state index contributed by atoms with van der Waals surface area (Å²) in [4.78, 5) is 26.7. The van der Waals surface area contributed by atoms with Gasteiger partial charge in [-0.05, 0) is 24.6 Å². The number of nitrogens with zero attached hydrogens (tertiary/aromatic N) is 2. The maximum absolute atomic E-state index is 12.0. The van der Waals surface area contributed by atoms with Crippen LogP contribution >= 0.6 is 0 Å². The Morgan fingerprint density at radius 2 is 1.95 bits per heavy atom. The van der Waals surface area contributed by atoms with E-state index in [-0.39, 0.29) is 17.3 Å². The Morgan fingerprint density at radius 3 is 2.67 bits per heavy atom. The second-order valence-electron chi connectivity index (χ2n) is 4.69. The molecule has 104 valence electrons. The molecule has 0 saturated heterocycles. The quantitative estimate of drug-likeness (QED) is 0.678. The fourth-order valence-electron chi connectivity index (χ4n) is 2.17. The zero-order valence-corrected chi connectivity index (χ0v) is 11.2. The number of para-hydroxylation sites is 1. The van der Waals surface area contributed by atoms with Crippen LogP contribution in [0.25, 0.3) is 0 Å². The summed E-state index contributed by atoms with van der Waals surface area (Å²) in [7, 11) is 0. The molecule has 21 heavy (non-hydrogen) atoms. The smallest absolute Gasteiger partial charge is 0.275 e. The van der Waals surface area contributed by atoms with E-state index < -0.39 is 4.92 Å². The lowest BCUT2D eigenvalue weighted by Crippen LogP contribution is -2.14. The normalized spacial score (nSPS) is 14.9. The summed E-state index contributed by atoms with van der Waals surface area (Å²) in [5.74, 6) is -0.353. The minimum Gasteiger partial charge on any atom is -0.320 e. The van der Waals surface area contributed by atoms with E-state index in [9.17, 15) is 14.9 Å². The number of nitro benzene ring substituents is 1. The largest absolute Gasteiger partial charge is 0.320 e. The summed E-state index contributed by atoms with van der Waals surface area (Å²) < 4.78 is 0.